The molecule has 0 amide bonds. The molecule has 2 aromatic carbocycles. The summed E-state index contributed by atoms with van der Waals surface area (Å²) in [4.78, 5) is 0. The van der Waals surface area contributed by atoms with Gasteiger partial charge in [-0.05, 0) is 35.4 Å². The first-order chi connectivity index (χ1) is 8.67. The molecule has 0 saturated carbocycles. The van der Waals surface area contributed by atoms with Crippen molar-refractivity contribution in [2.24, 2.45) is 0 Å². The Kier molecular flexibility index (Phi) is 4.18. The van der Waals surface area contributed by atoms with Gasteiger partial charge in [0.25, 0.3) is 0 Å². The van der Waals surface area contributed by atoms with E-state index >= 15 is 0 Å². The summed E-state index contributed by atoms with van der Waals surface area (Å²) in [5, 5.41) is 9.60. The van der Waals surface area contributed by atoms with E-state index in [2.05, 4.69) is 0 Å². The van der Waals surface area contributed by atoms with E-state index in [4.69, 9.17) is 21.4 Å². The van der Waals surface area contributed by atoms with E-state index in [1.165, 1.54) is 12.1 Å². The largest absolute Gasteiger partial charge is 0.489 e. The van der Waals surface area contributed by atoms with Gasteiger partial charge in [0.05, 0.1) is 6.61 Å². The number of aliphatic hydroxyl groups is 1. The van der Waals surface area contributed by atoms with Gasteiger partial charge in [0, 0.05) is 11.1 Å². The first kappa shape index (κ1) is 12.9. The fourth-order valence-corrected chi connectivity index (χ4v) is 1.80. The van der Waals surface area contributed by atoms with Crippen LogP contribution in [0.25, 0.3) is 0 Å². The molecule has 1 N–H and O–H groups in total. The highest BCUT2D eigenvalue weighted by molar-refractivity contribution is 6.30. The average molecular weight is 267 g/mol. The second kappa shape index (κ2) is 5.85. The molecule has 2 nitrogen and oxygen atoms in total. The highest BCUT2D eigenvalue weighted by Crippen LogP contribution is 2.19. The molecule has 18 heavy (non-hydrogen) atoms. The molecule has 0 aliphatic carbocycles. The first-order valence-corrected chi connectivity index (χ1v) is 5.83. The van der Waals surface area contributed by atoms with Crippen LogP contribution in [-0.4, -0.2) is 5.11 Å². The summed E-state index contributed by atoms with van der Waals surface area (Å²) in [6.45, 7) is 0.0835. The van der Waals surface area contributed by atoms with Crippen LogP contribution >= 0.6 is 11.6 Å². The minimum Gasteiger partial charge on any atom is -0.489 e. The van der Waals surface area contributed by atoms with Crippen LogP contribution in [0.3, 0.4) is 0 Å². The molecule has 0 spiro atoms. The molecule has 2 aromatic rings. The van der Waals surface area contributed by atoms with Crippen LogP contribution in [0, 0.1) is 5.82 Å². The molecule has 0 fully saturated rings. The summed E-state index contributed by atoms with van der Waals surface area (Å²) in [5.74, 6) is -0.0401. The molecule has 0 radical (unpaired) electrons. The van der Waals surface area contributed by atoms with Gasteiger partial charge in [-0.2, -0.15) is 0 Å². The summed E-state index contributed by atoms with van der Waals surface area (Å²) in [5.41, 5.74) is 1.38. The zero-order valence-electron chi connectivity index (χ0n) is 9.57. The van der Waals surface area contributed by atoms with Crippen LogP contribution in [-0.2, 0) is 13.2 Å². The lowest BCUT2D eigenvalue weighted by Gasteiger charge is -2.08. The molecule has 0 unspecified atom stereocenters. The van der Waals surface area contributed by atoms with Crippen molar-refractivity contribution in [2.75, 3.05) is 0 Å². The van der Waals surface area contributed by atoms with Gasteiger partial charge >= 0.3 is 0 Å². The molecule has 4 heteroatoms. The van der Waals surface area contributed by atoms with Crippen LogP contribution in [0.4, 0.5) is 4.39 Å². The molecule has 0 bridgehead atoms. The van der Waals surface area contributed by atoms with Gasteiger partial charge in [-0.3, -0.25) is 0 Å². The van der Waals surface area contributed by atoms with Gasteiger partial charge in [0.1, 0.15) is 18.2 Å². The van der Waals surface area contributed by atoms with Gasteiger partial charge in [0.2, 0.25) is 0 Å². The van der Waals surface area contributed by atoms with Crippen LogP contribution < -0.4 is 4.74 Å². The lowest BCUT2D eigenvalue weighted by molar-refractivity contribution is 0.276. The number of benzene rings is 2. The van der Waals surface area contributed by atoms with E-state index < -0.39 is 5.82 Å². The van der Waals surface area contributed by atoms with Crippen LogP contribution in [0.15, 0.2) is 42.5 Å². The third kappa shape index (κ3) is 3.45. The van der Waals surface area contributed by atoms with E-state index in [0.717, 1.165) is 5.56 Å². The van der Waals surface area contributed by atoms with Crippen molar-refractivity contribution >= 4 is 11.6 Å². The summed E-state index contributed by atoms with van der Waals surface area (Å²) >= 11 is 5.85. The number of aliphatic hydroxyl groups excluding tert-OH is 1. The predicted molar refractivity (Wildman–Crippen MR) is 68.1 cm³/mol. The molecular weight excluding hydrogens is 255 g/mol. The third-order valence-corrected chi connectivity index (χ3v) is 2.64. The highest BCUT2D eigenvalue weighted by atomic mass is 35.5. The minimum atomic E-state index is -0.428. The molecule has 0 aliphatic heterocycles. The zero-order valence-corrected chi connectivity index (χ0v) is 10.3. The maximum absolute atomic E-state index is 13.2. The van der Waals surface area contributed by atoms with Crippen molar-refractivity contribution in [1.29, 1.82) is 0 Å². The first-order valence-electron chi connectivity index (χ1n) is 5.45. The lowest BCUT2D eigenvalue weighted by Crippen LogP contribution is -1.97. The van der Waals surface area contributed by atoms with Crippen LogP contribution in [0.2, 0.25) is 5.02 Å². The van der Waals surface area contributed by atoms with E-state index in [-0.39, 0.29) is 6.61 Å². The second-order valence-electron chi connectivity index (χ2n) is 3.87. The molecule has 0 heterocycles. The molecular formula is C14H12ClFO2. The maximum atomic E-state index is 13.2. The van der Waals surface area contributed by atoms with Crippen molar-refractivity contribution in [1.82, 2.24) is 0 Å². The number of ether oxygens (including phenoxy) is 1. The van der Waals surface area contributed by atoms with Gasteiger partial charge in [-0.1, -0.05) is 23.7 Å². The third-order valence-electron chi connectivity index (χ3n) is 2.41. The number of hydrogen-bond donors (Lipinski definition) is 1. The summed E-state index contributed by atoms with van der Waals surface area (Å²) in [6, 6.07) is 11.4. The average Bonchev–Trinajstić information content (AvgIpc) is 2.36. The van der Waals surface area contributed by atoms with Crippen LogP contribution in [0.5, 0.6) is 5.75 Å². The smallest absolute Gasteiger partial charge is 0.127 e. The van der Waals surface area contributed by atoms with E-state index in [9.17, 15) is 4.39 Å². The van der Waals surface area contributed by atoms with Crippen molar-refractivity contribution in [3.05, 3.63) is 64.4 Å². The Balaban J connectivity index is 2.08. The van der Waals surface area contributed by atoms with Gasteiger partial charge in [-0.25, -0.2) is 4.39 Å². The maximum Gasteiger partial charge on any atom is 0.127 e. The monoisotopic (exact) mass is 266 g/mol. The quantitative estimate of drug-likeness (QED) is 0.917. The molecule has 0 aromatic heterocycles. The van der Waals surface area contributed by atoms with Crippen molar-refractivity contribution in [3.8, 4) is 5.75 Å². The van der Waals surface area contributed by atoms with E-state index in [1.807, 2.05) is 12.1 Å². The van der Waals surface area contributed by atoms with Crippen molar-refractivity contribution in [3.63, 3.8) is 0 Å². The lowest BCUT2D eigenvalue weighted by atomic mass is 10.2. The predicted octanol–water partition coefficient (Wildman–Crippen LogP) is 3.55. The Bertz CT molecular complexity index is 543. The Hall–Kier alpha value is -1.58. The summed E-state index contributed by atoms with van der Waals surface area (Å²) in [7, 11) is 0. The number of halogens is 2. The SMILES string of the molecule is OCc1cc(F)cc(OCc2cccc(Cl)c2)c1. The zero-order chi connectivity index (χ0) is 13.0. The Morgan fingerprint density at radius 3 is 2.67 bits per heavy atom. The highest BCUT2D eigenvalue weighted by Gasteiger charge is 2.02. The van der Waals surface area contributed by atoms with E-state index in [1.54, 1.807) is 18.2 Å². The Morgan fingerprint density at radius 2 is 1.94 bits per heavy atom. The Labute approximate surface area is 110 Å². The van der Waals surface area contributed by atoms with E-state index in [0.29, 0.717) is 22.9 Å². The number of rotatable bonds is 4. The van der Waals surface area contributed by atoms with Gasteiger partial charge in [0.15, 0.2) is 0 Å². The normalized spacial score (nSPS) is 10.4. The molecule has 94 valence electrons. The van der Waals surface area contributed by atoms with Crippen molar-refractivity contribution < 1.29 is 14.2 Å². The standard InChI is InChI=1S/C14H12ClFO2/c15-12-3-1-2-10(4-12)9-18-14-6-11(8-17)5-13(16)7-14/h1-7,17H,8-9H2. The summed E-state index contributed by atoms with van der Waals surface area (Å²) in [6.07, 6.45) is 0. The fraction of sp³-hybridized carbons (Fsp3) is 0.143. The molecule has 0 saturated heterocycles. The van der Waals surface area contributed by atoms with Crippen LogP contribution in [0.1, 0.15) is 11.1 Å². The van der Waals surface area contributed by atoms with Crippen molar-refractivity contribution in [2.45, 2.75) is 13.2 Å². The van der Waals surface area contributed by atoms with Gasteiger partial charge in [-0.15, -0.1) is 0 Å². The minimum absolute atomic E-state index is 0.217. The second-order valence-corrected chi connectivity index (χ2v) is 4.31. The molecule has 0 atom stereocenters. The fourth-order valence-electron chi connectivity index (χ4n) is 1.59. The number of hydrogen-bond acceptors (Lipinski definition) is 2. The molecule has 2 rings (SSSR count). The topological polar surface area (TPSA) is 29.5 Å². The molecule has 0 aliphatic rings. The van der Waals surface area contributed by atoms with Gasteiger partial charge < -0.3 is 9.84 Å². The summed E-state index contributed by atoms with van der Waals surface area (Å²) < 4.78 is 18.7. The Morgan fingerprint density at radius 1 is 1.11 bits per heavy atom.